The number of hydrogen-bond donors (Lipinski definition) is 1. The Morgan fingerprint density at radius 1 is 1.13 bits per heavy atom. The quantitative estimate of drug-likeness (QED) is 0.163. The van der Waals surface area contributed by atoms with Crippen molar-refractivity contribution < 1.29 is 29.0 Å². The molecule has 1 N–H and O–H groups in total. The minimum absolute atomic E-state index is 0.0928. The van der Waals surface area contributed by atoms with Gasteiger partial charge in [0.2, 0.25) is 11.8 Å². The van der Waals surface area contributed by atoms with E-state index in [1.54, 1.807) is 15.9 Å². The normalized spacial score (nSPS) is 29.4. The van der Waals surface area contributed by atoms with Crippen LogP contribution in [0.4, 0.5) is 0 Å². The number of carbonyl (C=O) groups excluding carboxylic acids is 3. The van der Waals surface area contributed by atoms with Crippen LogP contribution < -0.4 is 0 Å². The molecule has 0 aromatic heterocycles. The summed E-state index contributed by atoms with van der Waals surface area (Å²) in [6.45, 7) is 13.4. The molecule has 0 aliphatic carbocycles. The zero-order chi connectivity index (χ0) is 27.8. The lowest BCUT2D eigenvalue weighted by Gasteiger charge is -2.37. The minimum Gasteiger partial charge on any atom is -0.465 e. The van der Waals surface area contributed by atoms with Crippen LogP contribution >= 0.6 is 0 Å². The van der Waals surface area contributed by atoms with Gasteiger partial charge in [-0.15, -0.1) is 13.2 Å². The van der Waals surface area contributed by atoms with Gasteiger partial charge in [-0.2, -0.15) is 0 Å². The van der Waals surface area contributed by atoms with E-state index in [2.05, 4.69) is 20.1 Å². The fourth-order valence-corrected chi connectivity index (χ4v) is 6.70. The third kappa shape index (κ3) is 6.01. The van der Waals surface area contributed by atoms with Gasteiger partial charge in [0.15, 0.2) is 0 Å². The molecule has 2 bridgehead atoms. The highest BCUT2D eigenvalue weighted by Crippen LogP contribution is 2.63. The molecule has 3 aliphatic rings. The highest BCUT2D eigenvalue weighted by Gasteiger charge is 2.78. The van der Waals surface area contributed by atoms with Crippen molar-refractivity contribution in [3.05, 3.63) is 25.3 Å². The third-order valence-corrected chi connectivity index (χ3v) is 8.56. The van der Waals surface area contributed by atoms with Gasteiger partial charge in [0.25, 0.3) is 0 Å². The molecule has 2 unspecified atom stereocenters. The maximum Gasteiger partial charge on any atom is 0.312 e. The van der Waals surface area contributed by atoms with Gasteiger partial charge in [0.05, 0.1) is 18.1 Å². The van der Waals surface area contributed by atoms with E-state index in [0.29, 0.717) is 51.9 Å². The fraction of sp³-hybridized carbons (Fsp3) is 0.767. The van der Waals surface area contributed by atoms with Gasteiger partial charge in [0.1, 0.15) is 17.6 Å². The number of rotatable bonds is 18. The van der Waals surface area contributed by atoms with Gasteiger partial charge >= 0.3 is 5.97 Å². The van der Waals surface area contributed by atoms with Gasteiger partial charge in [-0.25, -0.2) is 0 Å². The molecular weight excluding hydrogens is 484 g/mol. The number of ether oxygens (including phenoxy) is 2. The predicted molar refractivity (Wildman–Crippen MR) is 146 cm³/mol. The smallest absolute Gasteiger partial charge is 0.312 e. The number of fused-ring (bicyclic) bond motifs is 1. The number of amides is 2. The van der Waals surface area contributed by atoms with Crippen LogP contribution in [0.25, 0.3) is 0 Å². The maximum atomic E-state index is 14.2. The molecule has 8 heteroatoms. The number of carbonyl (C=O) groups is 3. The standard InChI is InChI=1S/C30H48N2O6/c1-5-8-10-15-22-37-28(36)24-23-26(34)32(20-13-11-14-21-33)25(30(23)17-16-29(24,4)38-30)27(35)31(18-7-3)19-12-9-6-2/h5,7,23-25,33H,1,3,6,8-22H2,2,4H3/t23-,24+,25?,29-,30?/m0/s1. The van der Waals surface area contributed by atoms with Gasteiger partial charge < -0.3 is 24.4 Å². The van der Waals surface area contributed by atoms with E-state index < -0.39 is 35.0 Å². The van der Waals surface area contributed by atoms with Crippen LogP contribution in [0.3, 0.4) is 0 Å². The number of hydrogen-bond acceptors (Lipinski definition) is 6. The van der Waals surface area contributed by atoms with E-state index >= 15 is 0 Å². The zero-order valence-electron chi connectivity index (χ0n) is 23.5. The summed E-state index contributed by atoms with van der Waals surface area (Å²) in [5.41, 5.74) is -1.86. The van der Waals surface area contributed by atoms with Crippen molar-refractivity contribution in [1.29, 1.82) is 0 Å². The number of esters is 1. The molecule has 3 saturated heterocycles. The highest BCUT2D eigenvalue weighted by atomic mass is 16.6. The molecule has 0 radical (unpaired) electrons. The largest absolute Gasteiger partial charge is 0.465 e. The first kappa shape index (κ1) is 30.4. The molecule has 0 aromatic carbocycles. The molecule has 5 atom stereocenters. The van der Waals surface area contributed by atoms with Crippen LogP contribution in [0.1, 0.15) is 84.5 Å². The summed E-state index contributed by atoms with van der Waals surface area (Å²) >= 11 is 0. The Kier molecular flexibility index (Phi) is 11.0. The number of aliphatic hydroxyl groups is 1. The van der Waals surface area contributed by atoms with Crippen LogP contribution in [0.2, 0.25) is 0 Å². The van der Waals surface area contributed by atoms with Gasteiger partial charge in [-0.3, -0.25) is 14.4 Å². The number of unbranched alkanes of at least 4 members (excludes halogenated alkanes) is 6. The lowest BCUT2D eigenvalue weighted by atomic mass is 9.66. The van der Waals surface area contributed by atoms with E-state index in [4.69, 9.17) is 9.47 Å². The Labute approximate surface area is 228 Å². The third-order valence-electron chi connectivity index (χ3n) is 8.56. The number of allylic oxidation sites excluding steroid dienone is 1. The lowest BCUT2D eigenvalue weighted by molar-refractivity contribution is -0.160. The highest BCUT2D eigenvalue weighted by molar-refractivity contribution is 5.98. The van der Waals surface area contributed by atoms with Gasteiger partial charge in [0, 0.05) is 26.2 Å². The first-order valence-corrected chi connectivity index (χ1v) is 14.6. The molecule has 1 spiro atoms. The Morgan fingerprint density at radius 2 is 1.92 bits per heavy atom. The van der Waals surface area contributed by atoms with Crippen molar-refractivity contribution in [2.24, 2.45) is 11.8 Å². The number of aliphatic hydroxyl groups excluding tert-OH is 1. The van der Waals surface area contributed by atoms with E-state index in [1.807, 2.05) is 13.0 Å². The summed E-state index contributed by atoms with van der Waals surface area (Å²) in [7, 11) is 0. The second-order valence-corrected chi connectivity index (χ2v) is 11.3. The summed E-state index contributed by atoms with van der Waals surface area (Å²) in [5.74, 6) is -2.16. The SMILES string of the molecule is C=CCCCCOC(=O)[C@H]1[C@H]2C(=O)N(CCCCCO)C(C(=O)N(CC=C)CCCCC)C23CC[C@]1(C)O3. The molecule has 3 heterocycles. The Morgan fingerprint density at radius 3 is 2.61 bits per heavy atom. The Hall–Kier alpha value is -2.19. The van der Waals surface area contributed by atoms with E-state index in [1.165, 1.54) is 0 Å². The summed E-state index contributed by atoms with van der Waals surface area (Å²) in [4.78, 5) is 45.1. The van der Waals surface area contributed by atoms with Crippen LogP contribution in [-0.4, -0.2) is 82.8 Å². The molecule has 8 nitrogen and oxygen atoms in total. The van der Waals surface area contributed by atoms with Crippen molar-refractivity contribution in [3.8, 4) is 0 Å². The molecule has 3 aliphatic heterocycles. The predicted octanol–water partition coefficient (Wildman–Crippen LogP) is 4.02. The lowest BCUT2D eigenvalue weighted by Crippen LogP contribution is -2.56. The molecule has 2 amide bonds. The minimum atomic E-state index is -1.03. The second-order valence-electron chi connectivity index (χ2n) is 11.3. The summed E-state index contributed by atoms with van der Waals surface area (Å²) in [6.07, 6.45) is 12.2. The molecule has 214 valence electrons. The van der Waals surface area contributed by atoms with E-state index in [0.717, 1.165) is 44.9 Å². The van der Waals surface area contributed by atoms with E-state index in [9.17, 15) is 19.5 Å². The summed E-state index contributed by atoms with van der Waals surface area (Å²) in [6, 6.07) is -0.775. The molecule has 3 rings (SSSR count). The van der Waals surface area contributed by atoms with Crippen LogP contribution in [-0.2, 0) is 23.9 Å². The van der Waals surface area contributed by atoms with Crippen LogP contribution in [0, 0.1) is 11.8 Å². The average molecular weight is 533 g/mol. The van der Waals surface area contributed by atoms with Crippen molar-refractivity contribution in [2.75, 3.05) is 32.8 Å². The first-order chi connectivity index (χ1) is 18.3. The number of likely N-dealkylation sites (tertiary alicyclic amines) is 1. The van der Waals surface area contributed by atoms with Crippen molar-refractivity contribution in [2.45, 2.75) is 102 Å². The van der Waals surface area contributed by atoms with Crippen molar-refractivity contribution in [1.82, 2.24) is 9.80 Å². The molecule has 38 heavy (non-hydrogen) atoms. The topological polar surface area (TPSA) is 96.4 Å². The van der Waals surface area contributed by atoms with Crippen LogP contribution in [0.15, 0.2) is 25.3 Å². The Balaban J connectivity index is 1.89. The zero-order valence-corrected chi connectivity index (χ0v) is 23.5. The monoisotopic (exact) mass is 532 g/mol. The van der Waals surface area contributed by atoms with Crippen LogP contribution in [0.5, 0.6) is 0 Å². The molecule has 3 fully saturated rings. The average Bonchev–Trinajstić information content (AvgIpc) is 3.46. The van der Waals surface area contributed by atoms with Crippen molar-refractivity contribution in [3.63, 3.8) is 0 Å². The Bertz CT molecular complexity index is 862. The maximum absolute atomic E-state index is 14.2. The molecule has 0 aromatic rings. The van der Waals surface area contributed by atoms with Gasteiger partial charge in [-0.05, 0) is 64.7 Å². The van der Waals surface area contributed by atoms with Gasteiger partial charge in [-0.1, -0.05) is 31.9 Å². The molecular formula is C30H48N2O6. The van der Waals surface area contributed by atoms with Crippen molar-refractivity contribution >= 4 is 17.8 Å². The molecule has 0 saturated carbocycles. The fourth-order valence-electron chi connectivity index (χ4n) is 6.70. The summed E-state index contributed by atoms with van der Waals surface area (Å²) < 4.78 is 12.4. The summed E-state index contributed by atoms with van der Waals surface area (Å²) in [5, 5.41) is 9.22. The first-order valence-electron chi connectivity index (χ1n) is 14.6. The van der Waals surface area contributed by atoms with E-state index in [-0.39, 0.29) is 18.4 Å². The second kappa shape index (κ2) is 13.7. The number of nitrogens with zero attached hydrogens (tertiary/aromatic N) is 2.